The van der Waals surface area contributed by atoms with E-state index in [9.17, 15) is 0 Å². The van der Waals surface area contributed by atoms with Gasteiger partial charge in [-0.2, -0.15) is 0 Å². The highest BCUT2D eigenvalue weighted by atomic mass is 15.2. The lowest BCUT2D eigenvalue weighted by Gasteiger charge is -2.50. The van der Waals surface area contributed by atoms with Crippen molar-refractivity contribution in [2.24, 2.45) is 5.92 Å². The van der Waals surface area contributed by atoms with Gasteiger partial charge in [-0.3, -0.25) is 4.90 Å². The number of nitrogens with one attached hydrogen (secondary N) is 1. The van der Waals surface area contributed by atoms with Crippen LogP contribution in [-0.2, 0) is 0 Å². The first-order valence-corrected chi connectivity index (χ1v) is 10.4. The molecular formula is C25H27N3. The van der Waals surface area contributed by atoms with E-state index in [-0.39, 0.29) is 0 Å². The lowest BCUT2D eigenvalue weighted by molar-refractivity contribution is 0.0457. The van der Waals surface area contributed by atoms with Crippen LogP contribution in [0.5, 0.6) is 0 Å². The van der Waals surface area contributed by atoms with E-state index >= 15 is 0 Å². The third-order valence-electron chi connectivity index (χ3n) is 6.58. The smallest absolute Gasteiger partial charge is 0.126 e. The zero-order valence-corrected chi connectivity index (χ0v) is 16.4. The van der Waals surface area contributed by atoms with Crippen LogP contribution in [0.15, 0.2) is 72.9 Å². The molecule has 0 aliphatic carbocycles. The molecule has 4 heterocycles. The van der Waals surface area contributed by atoms with Gasteiger partial charge in [0.05, 0.1) is 0 Å². The highest BCUT2D eigenvalue weighted by molar-refractivity contribution is 5.70. The molecule has 2 aromatic carbocycles. The van der Waals surface area contributed by atoms with Gasteiger partial charge in [0.25, 0.3) is 0 Å². The van der Waals surface area contributed by atoms with Crippen molar-refractivity contribution < 1.29 is 0 Å². The molecule has 28 heavy (non-hydrogen) atoms. The van der Waals surface area contributed by atoms with E-state index in [2.05, 4.69) is 83.9 Å². The van der Waals surface area contributed by atoms with E-state index in [0.717, 1.165) is 17.3 Å². The molecule has 3 nitrogen and oxygen atoms in total. The van der Waals surface area contributed by atoms with Gasteiger partial charge in [-0.05, 0) is 67.6 Å². The minimum atomic E-state index is 0.519. The molecule has 0 spiro atoms. The second-order valence-electron chi connectivity index (χ2n) is 8.16. The molecule has 142 valence electrons. The Morgan fingerprint density at radius 3 is 2.00 bits per heavy atom. The van der Waals surface area contributed by atoms with Crippen LogP contribution in [0.1, 0.15) is 19.8 Å². The van der Waals surface area contributed by atoms with Gasteiger partial charge in [-0.1, -0.05) is 54.6 Å². The molecule has 2 bridgehead atoms. The van der Waals surface area contributed by atoms with Gasteiger partial charge in [-0.25, -0.2) is 4.98 Å². The largest absolute Gasteiger partial charge is 0.365 e. The monoisotopic (exact) mass is 369 g/mol. The summed E-state index contributed by atoms with van der Waals surface area (Å²) in [4.78, 5) is 7.33. The molecule has 3 aliphatic heterocycles. The van der Waals surface area contributed by atoms with Gasteiger partial charge < -0.3 is 5.32 Å². The predicted octanol–water partition coefficient (Wildman–Crippen LogP) is 5.31. The summed E-state index contributed by atoms with van der Waals surface area (Å²) in [5, 5.41) is 3.72. The maximum Gasteiger partial charge on any atom is 0.126 e. The van der Waals surface area contributed by atoms with Crippen molar-refractivity contribution in [1.29, 1.82) is 0 Å². The van der Waals surface area contributed by atoms with Crippen LogP contribution in [-0.4, -0.2) is 35.1 Å². The van der Waals surface area contributed by atoms with Crippen molar-refractivity contribution in [2.45, 2.75) is 31.8 Å². The fourth-order valence-corrected chi connectivity index (χ4v) is 4.85. The third kappa shape index (κ3) is 3.31. The van der Waals surface area contributed by atoms with Crippen LogP contribution in [0.3, 0.4) is 0 Å². The minimum Gasteiger partial charge on any atom is -0.365 e. The number of rotatable bonds is 4. The summed E-state index contributed by atoms with van der Waals surface area (Å²) in [6.07, 6.45) is 4.62. The summed E-state index contributed by atoms with van der Waals surface area (Å²) >= 11 is 0. The van der Waals surface area contributed by atoms with E-state index in [1.807, 2.05) is 6.20 Å². The van der Waals surface area contributed by atoms with Crippen LogP contribution < -0.4 is 5.32 Å². The maximum atomic E-state index is 4.72. The minimum absolute atomic E-state index is 0.519. The summed E-state index contributed by atoms with van der Waals surface area (Å²) in [6, 6.07) is 24.7. The summed E-state index contributed by atoms with van der Waals surface area (Å²) in [5.41, 5.74) is 4.85. The molecular weight excluding hydrogens is 342 g/mol. The van der Waals surface area contributed by atoms with Gasteiger partial charge in [-0.15, -0.1) is 0 Å². The van der Waals surface area contributed by atoms with Crippen LogP contribution in [0.2, 0.25) is 0 Å². The highest BCUT2D eigenvalue weighted by Gasteiger charge is 2.39. The molecule has 3 saturated heterocycles. The zero-order valence-electron chi connectivity index (χ0n) is 16.4. The first kappa shape index (κ1) is 17.4. The number of hydrogen-bond donors (Lipinski definition) is 1. The Balaban J connectivity index is 1.30. The molecule has 3 aliphatic rings. The van der Waals surface area contributed by atoms with Crippen molar-refractivity contribution in [3.63, 3.8) is 0 Å². The highest BCUT2D eigenvalue weighted by Crippen LogP contribution is 2.34. The fourth-order valence-electron chi connectivity index (χ4n) is 4.85. The standard InChI is InChI=1S/C25H27N3/c1-18-25(22-13-15-28(18)16-14-22)27-24-12-11-23(17-26-24)21-9-7-20(8-10-21)19-5-3-2-4-6-19/h2-12,17-18,22,25H,13-16H2,1H3,(H,26,27)/t18-,25-/m1/s1. The number of nitrogens with zero attached hydrogens (tertiary/aromatic N) is 2. The topological polar surface area (TPSA) is 28.2 Å². The number of fused-ring (bicyclic) bond motifs is 3. The fraction of sp³-hybridized carbons (Fsp3) is 0.320. The Bertz CT molecular complexity index is 908. The molecule has 3 heteroatoms. The summed E-state index contributed by atoms with van der Waals surface area (Å²) in [5.74, 6) is 1.78. The first-order valence-electron chi connectivity index (χ1n) is 10.4. The number of aromatic nitrogens is 1. The summed E-state index contributed by atoms with van der Waals surface area (Å²) in [7, 11) is 0. The van der Waals surface area contributed by atoms with Crippen molar-refractivity contribution >= 4 is 5.82 Å². The zero-order chi connectivity index (χ0) is 18.9. The normalized spacial score (nSPS) is 26.2. The van der Waals surface area contributed by atoms with Gasteiger partial charge in [0.1, 0.15) is 5.82 Å². The molecule has 0 unspecified atom stereocenters. The molecule has 6 rings (SSSR count). The van der Waals surface area contributed by atoms with Gasteiger partial charge >= 0.3 is 0 Å². The molecule has 1 N–H and O–H groups in total. The SMILES string of the molecule is C[C@@H]1[C@@H](Nc2ccc(-c3ccc(-c4ccccc4)cc3)cn2)C2CCN1CC2. The average Bonchev–Trinajstić information content (AvgIpc) is 2.78. The lowest BCUT2D eigenvalue weighted by Crippen LogP contribution is -2.59. The summed E-state index contributed by atoms with van der Waals surface area (Å²) in [6.45, 7) is 4.87. The van der Waals surface area contributed by atoms with Crippen LogP contribution in [0, 0.1) is 5.92 Å². The Kier molecular flexibility index (Phi) is 4.61. The Morgan fingerprint density at radius 2 is 1.39 bits per heavy atom. The number of pyridine rings is 1. The van der Waals surface area contributed by atoms with Crippen LogP contribution >= 0.6 is 0 Å². The Hall–Kier alpha value is -2.65. The molecule has 3 fully saturated rings. The van der Waals surface area contributed by atoms with Crippen molar-refractivity contribution in [2.75, 3.05) is 18.4 Å². The second kappa shape index (κ2) is 7.40. The maximum absolute atomic E-state index is 4.72. The second-order valence-corrected chi connectivity index (χ2v) is 8.16. The molecule has 0 amide bonds. The van der Waals surface area contributed by atoms with Crippen molar-refractivity contribution in [1.82, 2.24) is 9.88 Å². The van der Waals surface area contributed by atoms with E-state index in [4.69, 9.17) is 4.98 Å². The average molecular weight is 370 g/mol. The Morgan fingerprint density at radius 1 is 0.786 bits per heavy atom. The van der Waals surface area contributed by atoms with Crippen molar-refractivity contribution in [3.05, 3.63) is 72.9 Å². The summed E-state index contributed by atoms with van der Waals surface area (Å²) < 4.78 is 0. The van der Waals surface area contributed by atoms with Gasteiger partial charge in [0, 0.05) is 23.8 Å². The predicted molar refractivity (Wildman–Crippen MR) is 116 cm³/mol. The van der Waals surface area contributed by atoms with E-state index < -0.39 is 0 Å². The number of benzene rings is 2. The quantitative estimate of drug-likeness (QED) is 0.675. The van der Waals surface area contributed by atoms with Crippen molar-refractivity contribution in [3.8, 4) is 22.3 Å². The molecule has 0 radical (unpaired) electrons. The lowest BCUT2D eigenvalue weighted by atomic mass is 9.79. The van der Waals surface area contributed by atoms with Gasteiger partial charge in [0.2, 0.25) is 0 Å². The van der Waals surface area contributed by atoms with E-state index in [1.165, 1.54) is 42.6 Å². The number of anilines is 1. The molecule has 1 aromatic heterocycles. The molecule has 0 saturated carbocycles. The van der Waals surface area contributed by atoms with Crippen LogP contribution in [0.25, 0.3) is 22.3 Å². The Labute approximate surface area is 167 Å². The van der Waals surface area contributed by atoms with Gasteiger partial charge in [0.15, 0.2) is 0 Å². The first-order chi connectivity index (χ1) is 13.8. The third-order valence-corrected chi connectivity index (χ3v) is 6.58. The van der Waals surface area contributed by atoms with Crippen LogP contribution in [0.4, 0.5) is 5.82 Å². The van der Waals surface area contributed by atoms with E-state index in [0.29, 0.717) is 12.1 Å². The molecule has 3 aromatic rings. The van der Waals surface area contributed by atoms with E-state index in [1.54, 1.807) is 0 Å². The number of piperidine rings is 3. The molecule has 2 atom stereocenters. The number of hydrogen-bond acceptors (Lipinski definition) is 3.